The van der Waals surface area contributed by atoms with Crippen molar-refractivity contribution < 1.29 is 28.5 Å². The first-order valence-electron chi connectivity index (χ1n) is 14.5. The molecule has 0 aliphatic rings. The van der Waals surface area contributed by atoms with Crippen molar-refractivity contribution in [1.82, 2.24) is 9.55 Å². The Morgan fingerprint density at radius 3 is 2.41 bits per heavy atom. The number of hydrogen-bond acceptors (Lipinski definition) is 7. The fraction of sp³-hybridized carbons (Fsp3) is 0.222. The van der Waals surface area contributed by atoms with E-state index in [4.69, 9.17) is 18.6 Å². The van der Waals surface area contributed by atoms with E-state index in [1.54, 1.807) is 21.0 Å². The van der Waals surface area contributed by atoms with Crippen LogP contribution >= 0.6 is 0 Å². The molecule has 224 valence electrons. The summed E-state index contributed by atoms with van der Waals surface area (Å²) in [5.74, 6) is 1.49. The van der Waals surface area contributed by atoms with E-state index in [1.165, 1.54) is 0 Å². The van der Waals surface area contributed by atoms with Crippen LogP contribution < -0.4 is 19.3 Å². The number of aliphatic carboxylic acids is 1. The summed E-state index contributed by atoms with van der Waals surface area (Å²) in [6.45, 7) is 6.26. The van der Waals surface area contributed by atoms with Crippen LogP contribution in [0.15, 0.2) is 95.4 Å². The number of carbonyl (C=O) groups excluding carboxylic acids is 1. The Morgan fingerprint density at radius 1 is 0.909 bits per heavy atom. The van der Waals surface area contributed by atoms with E-state index < -0.39 is 12.1 Å². The summed E-state index contributed by atoms with van der Waals surface area (Å²) in [6, 6.07) is 29.4. The van der Waals surface area contributed by atoms with Gasteiger partial charge in [0.1, 0.15) is 29.9 Å². The third-order valence-electron chi connectivity index (χ3n) is 7.70. The van der Waals surface area contributed by atoms with Gasteiger partial charge in [-0.1, -0.05) is 62.4 Å². The Morgan fingerprint density at radius 2 is 1.66 bits per heavy atom. The average molecular weight is 590 g/mol. The maximum absolute atomic E-state index is 11.8. The van der Waals surface area contributed by atoms with Crippen LogP contribution in [0.4, 0.5) is 0 Å². The van der Waals surface area contributed by atoms with Crippen LogP contribution in [0.5, 0.6) is 17.2 Å². The topological polar surface area (TPSA) is 98.8 Å². The van der Waals surface area contributed by atoms with Gasteiger partial charge in [-0.3, -0.25) is 0 Å². The number of carboxylic acids is 1. The lowest BCUT2D eigenvalue weighted by atomic mass is 10.1. The van der Waals surface area contributed by atoms with Crippen molar-refractivity contribution in [3.63, 3.8) is 0 Å². The summed E-state index contributed by atoms with van der Waals surface area (Å²) in [5, 5.41) is 13.6. The van der Waals surface area contributed by atoms with Crippen molar-refractivity contribution in [3.05, 3.63) is 108 Å². The molecule has 8 heteroatoms. The second kappa shape index (κ2) is 12.2. The Balaban J connectivity index is 1.28. The standard InChI is InChI=1S/C36H34N2O6/c1-22(2)34(36(39)40)44-31-16-10-15-29-33(31)26-13-8-9-14-28(26)38(29)20-24-17-18-30(32(19-24)41-4)42-21-27-23(3)43-35(37-27)25-11-6-5-7-12-25/h5-19,22,34H,20-21H2,1-4H3,(H,39,40)/p-1/t34-/m0/s1. The Labute approximate surface area is 255 Å². The van der Waals surface area contributed by atoms with Crippen molar-refractivity contribution in [2.24, 2.45) is 5.92 Å². The molecule has 0 fully saturated rings. The lowest BCUT2D eigenvalue weighted by Crippen LogP contribution is -2.42. The summed E-state index contributed by atoms with van der Waals surface area (Å²) in [7, 11) is 1.62. The van der Waals surface area contributed by atoms with Crippen molar-refractivity contribution in [3.8, 4) is 28.7 Å². The van der Waals surface area contributed by atoms with Gasteiger partial charge < -0.3 is 33.1 Å². The molecule has 2 aromatic heterocycles. The second-order valence-corrected chi connectivity index (χ2v) is 11.0. The lowest BCUT2D eigenvalue weighted by molar-refractivity contribution is -0.315. The van der Waals surface area contributed by atoms with Crippen molar-refractivity contribution in [1.29, 1.82) is 0 Å². The number of oxazole rings is 1. The predicted molar refractivity (Wildman–Crippen MR) is 167 cm³/mol. The van der Waals surface area contributed by atoms with Crippen molar-refractivity contribution in [2.75, 3.05) is 7.11 Å². The van der Waals surface area contributed by atoms with Crippen LogP contribution in [0.3, 0.4) is 0 Å². The largest absolute Gasteiger partial charge is 0.546 e. The fourth-order valence-electron chi connectivity index (χ4n) is 5.45. The first-order chi connectivity index (χ1) is 21.3. The van der Waals surface area contributed by atoms with Crippen LogP contribution in [-0.2, 0) is 17.9 Å². The average Bonchev–Trinajstić information content (AvgIpc) is 3.57. The summed E-state index contributed by atoms with van der Waals surface area (Å²) in [6.07, 6.45) is -1.06. The van der Waals surface area contributed by atoms with E-state index in [1.807, 2.05) is 91.9 Å². The number of carboxylic acid groups (broad SMARTS) is 1. The fourth-order valence-corrected chi connectivity index (χ4v) is 5.45. The first kappa shape index (κ1) is 28.9. The third-order valence-corrected chi connectivity index (χ3v) is 7.70. The monoisotopic (exact) mass is 589 g/mol. The van der Waals surface area contributed by atoms with Gasteiger partial charge in [0.2, 0.25) is 5.89 Å². The zero-order valence-corrected chi connectivity index (χ0v) is 25.1. The highest BCUT2D eigenvalue weighted by Crippen LogP contribution is 2.38. The Bertz CT molecular complexity index is 1940. The highest BCUT2D eigenvalue weighted by molar-refractivity contribution is 6.11. The zero-order valence-electron chi connectivity index (χ0n) is 25.1. The van der Waals surface area contributed by atoms with Gasteiger partial charge in [-0.15, -0.1) is 0 Å². The molecule has 0 saturated carbocycles. The maximum atomic E-state index is 11.8. The third kappa shape index (κ3) is 5.58. The highest BCUT2D eigenvalue weighted by atomic mass is 16.5. The van der Waals surface area contributed by atoms with Crippen LogP contribution in [0, 0.1) is 12.8 Å². The van der Waals surface area contributed by atoms with Gasteiger partial charge >= 0.3 is 0 Å². The summed E-state index contributed by atoms with van der Waals surface area (Å²) >= 11 is 0. The molecule has 1 atom stereocenters. The molecule has 0 N–H and O–H groups in total. The van der Waals surface area contributed by atoms with Gasteiger partial charge in [0.15, 0.2) is 11.5 Å². The molecule has 0 unspecified atom stereocenters. The molecule has 0 saturated heterocycles. The van der Waals surface area contributed by atoms with Crippen molar-refractivity contribution >= 4 is 27.8 Å². The summed E-state index contributed by atoms with van der Waals surface area (Å²) in [4.78, 5) is 16.4. The molecule has 0 amide bonds. The second-order valence-electron chi connectivity index (χ2n) is 11.0. The first-order valence-corrected chi connectivity index (χ1v) is 14.5. The van der Waals surface area contributed by atoms with E-state index in [0.29, 0.717) is 35.4 Å². The molecule has 6 aromatic rings. The molecule has 0 aliphatic heterocycles. The smallest absolute Gasteiger partial charge is 0.226 e. The predicted octanol–water partition coefficient (Wildman–Crippen LogP) is 6.55. The highest BCUT2D eigenvalue weighted by Gasteiger charge is 2.21. The molecule has 0 aliphatic carbocycles. The van der Waals surface area contributed by atoms with E-state index in [2.05, 4.69) is 15.6 Å². The van der Waals surface area contributed by atoms with Crippen LogP contribution in [-0.4, -0.2) is 28.7 Å². The van der Waals surface area contributed by atoms with Gasteiger partial charge in [-0.05, 0) is 60.9 Å². The number of ether oxygens (including phenoxy) is 3. The number of hydrogen-bond donors (Lipinski definition) is 0. The summed E-state index contributed by atoms with van der Waals surface area (Å²) < 4.78 is 26.0. The number of rotatable bonds is 11. The molecule has 0 spiro atoms. The van der Waals surface area contributed by atoms with Crippen LogP contribution in [0.1, 0.15) is 30.9 Å². The molecule has 0 radical (unpaired) electrons. The number of fused-ring (bicyclic) bond motifs is 3. The minimum absolute atomic E-state index is 0.233. The molecule has 4 aromatic carbocycles. The number of benzene rings is 4. The number of para-hydroxylation sites is 1. The van der Waals surface area contributed by atoms with E-state index in [0.717, 1.165) is 38.6 Å². The molecule has 44 heavy (non-hydrogen) atoms. The van der Waals surface area contributed by atoms with Crippen LogP contribution in [0.25, 0.3) is 33.3 Å². The van der Waals surface area contributed by atoms with Gasteiger partial charge in [0.05, 0.1) is 18.6 Å². The van der Waals surface area contributed by atoms with Gasteiger partial charge in [0.25, 0.3) is 0 Å². The lowest BCUT2D eigenvalue weighted by Gasteiger charge is -2.24. The minimum Gasteiger partial charge on any atom is -0.546 e. The number of nitrogens with zero attached hydrogens (tertiary/aromatic N) is 2. The number of carbonyl (C=O) groups is 1. The SMILES string of the molecule is COc1cc(Cn2c3ccccc3c3c(O[C@H](C(=O)[O-])C(C)C)cccc32)ccc1OCc1nc(-c2ccccc2)oc1C. The van der Waals surface area contributed by atoms with E-state index >= 15 is 0 Å². The van der Waals surface area contributed by atoms with Crippen molar-refractivity contribution in [2.45, 2.75) is 40.0 Å². The van der Waals surface area contributed by atoms with Crippen LogP contribution in [0.2, 0.25) is 0 Å². The molecular weight excluding hydrogens is 556 g/mol. The normalized spacial score (nSPS) is 12.1. The number of aromatic nitrogens is 2. The van der Waals surface area contributed by atoms with E-state index in [-0.39, 0.29) is 12.5 Å². The zero-order chi connectivity index (χ0) is 30.8. The summed E-state index contributed by atoms with van der Waals surface area (Å²) in [5.41, 5.74) is 4.56. The van der Waals surface area contributed by atoms with Gasteiger partial charge in [-0.2, -0.15) is 0 Å². The molecular formula is C36H33N2O6-. The quantitative estimate of drug-likeness (QED) is 0.169. The van der Waals surface area contributed by atoms with E-state index in [9.17, 15) is 9.90 Å². The minimum atomic E-state index is -1.23. The molecule has 6 rings (SSSR count). The van der Waals surface area contributed by atoms with Gasteiger partial charge in [-0.25, -0.2) is 4.98 Å². The Hall–Kier alpha value is -5.24. The Kier molecular flexibility index (Phi) is 7.98. The van der Waals surface area contributed by atoms with Gasteiger partial charge in [0, 0.05) is 28.4 Å². The molecule has 0 bridgehead atoms. The maximum Gasteiger partial charge on any atom is 0.226 e. The number of aryl methyl sites for hydroxylation is 1. The molecule has 8 nitrogen and oxygen atoms in total. The number of methoxy groups -OCH3 is 1. The molecule has 2 heterocycles.